The van der Waals surface area contributed by atoms with Gasteiger partial charge in [-0.1, -0.05) is 12.1 Å². The Hall–Kier alpha value is -0.920. The summed E-state index contributed by atoms with van der Waals surface area (Å²) in [7, 11) is -3.40. The lowest BCUT2D eigenvalue weighted by atomic mass is 10.2. The molecule has 0 aliphatic heterocycles. The van der Waals surface area contributed by atoms with Crippen molar-refractivity contribution < 1.29 is 12.9 Å². The standard InChI is InChI=1S/C9H17N3O3S/c1-3-8(5-10)12-16(13,14)6-9-4-7(2)15-11-9/h4,8,12H,3,5-6,10H2,1-2H3. The lowest BCUT2D eigenvalue weighted by molar-refractivity contribution is 0.392. The predicted molar refractivity (Wildman–Crippen MR) is 60.1 cm³/mol. The Bertz CT molecular complexity index is 423. The third-order valence-corrected chi connectivity index (χ3v) is 3.51. The molecule has 7 heteroatoms. The maximum Gasteiger partial charge on any atom is 0.217 e. The Balaban J connectivity index is 2.65. The summed E-state index contributed by atoms with van der Waals surface area (Å²) >= 11 is 0. The van der Waals surface area contributed by atoms with Gasteiger partial charge < -0.3 is 10.3 Å². The van der Waals surface area contributed by atoms with E-state index in [0.29, 0.717) is 17.9 Å². The summed E-state index contributed by atoms with van der Waals surface area (Å²) in [5, 5.41) is 3.63. The number of rotatable bonds is 6. The van der Waals surface area contributed by atoms with Crippen molar-refractivity contribution in [2.75, 3.05) is 6.54 Å². The Morgan fingerprint density at radius 2 is 2.31 bits per heavy atom. The number of sulfonamides is 1. The van der Waals surface area contributed by atoms with Crippen LogP contribution in [0, 0.1) is 6.92 Å². The van der Waals surface area contributed by atoms with Crippen molar-refractivity contribution >= 4 is 10.0 Å². The van der Waals surface area contributed by atoms with E-state index in [1.807, 2.05) is 6.92 Å². The van der Waals surface area contributed by atoms with Gasteiger partial charge in [-0.15, -0.1) is 0 Å². The molecular weight excluding hydrogens is 230 g/mol. The lowest BCUT2D eigenvalue weighted by Gasteiger charge is -2.13. The van der Waals surface area contributed by atoms with Crippen LogP contribution in [0.1, 0.15) is 24.8 Å². The first kappa shape index (κ1) is 13.1. The van der Waals surface area contributed by atoms with E-state index in [1.165, 1.54) is 0 Å². The molecule has 0 radical (unpaired) electrons. The molecular formula is C9H17N3O3S. The van der Waals surface area contributed by atoms with Crippen LogP contribution < -0.4 is 10.5 Å². The van der Waals surface area contributed by atoms with Gasteiger partial charge >= 0.3 is 0 Å². The average molecular weight is 247 g/mol. The van der Waals surface area contributed by atoms with Gasteiger partial charge in [0.2, 0.25) is 10.0 Å². The molecule has 6 nitrogen and oxygen atoms in total. The highest BCUT2D eigenvalue weighted by Gasteiger charge is 2.18. The third-order valence-electron chi connectivity index (χ3n) is 2.14. The number of aromatic nitrogens is 1. The highest BCUT2D eigenvalue weighted by molar-refractivity contribution is 7.88. The second-order valence-corrected chi connectivity index (χ2v) is 5.40. The summed E-state index contributed by atoms with van der Waals surface area (Å²) in [6.45, 7) is 3.87. The molecule has 0 amide bonds. The van der Waals surface area contributed by atoms with Gasteiger partial charge in [0.05, 0.1) is 0 Å². The summed E-state index contributed by atoms with van der Waals surface area (Å²) in [4.78, 5) is 0. The molecule has 0 saturated heterocycles. The largest absolute Gasteiger partial charge is 0.361 e. The molecule has 3 N–H and O–H groups in total. The van der Waals surface area contributed by atoms with Crippen molar-refractivity contribution in [2.45, 2.75) is 32.1 Å². The van der Waals surface area contributed by atoms with E-state index < -0.39 is 10.0 Å². The van der Waals surface area contributed by atoms with Gasteiger partial charge in [0.25, 0.3) is 0 Å². The monoisotopic (exact) mass is 247 g/mol. The fraction of sp³-hybridized carbons (Fsp3) is 0.667. The first-order valence-electron chi connectivity index (χ1n) is 5.09. The van der Waals surface area contributed by atoms with E-state index in [0.717, 1.165) is 0 Å². The van der Waals surface area contributed by atoms with Gasteiger partial charge in [0.15, 0.2) is 0 Å². The van der Waals surface area contributed by atoms with Crippen LogP contribution >= 0.6 is 0 Å². The first-order valence-corrected chi connectivity index (χ1v) is 6.74. The van der Waals surface area contributed by atoms with Gasteiger partial charge in [-0.3, -0.25) is 0 Å². The molecule has 0 fully saturated rings. The van der Waals surface area contributed by atoms with Crippen LogP contribution in [0.15, 0.2) is 10.6 Å². The summed E-state index contributed by atoms with van der Waals surface area (Å²) in [5.41, 5.74) is 5.83. The van der Waals surface area contributed by atoms with Crippen LogP contribution in [-0.2, 0) is 15.8 Å². The Morgan fingerprint density at radius 1 is 1.62 bits per heavy atom. The fourth-order valence-corrected chi connectivity index (χ4v) is 2.65. The molecule has 0 spiro atoms. The Labute approximate surface area is 95.2 Å². The van der Waals surface area contributed by atoms with Gasteiger partial charge in [0.1, 0.15) is 17.2 Å². The summed E-state index contributed by atoms with van der Waals surface area (Å²) < 4.78 is 30.7. The smallest absolute Gasteiger partial charge is 0.217 e. The van der Waals surface area contributed by atoms with Crippen LogP contribution in [-0.4, -0.2) is 26.2 Å². The molecule has 1 unspecified atom stereocenters. The second kappa shape index (κ2) is 5.42. The maximum absolute atomic E-state index is 11.7. The Morgan fingerprint density at radius 3 is 2.75 bits per heavy atom. The molecule has 0 aliphatic carbocycles. The first-order chi connectivity index (χ1) is 7.46. The van der Waals surface area contributed by atoms with E-state index >= 15 is 0 Å². The summed E-state index contributed by atoms with van der Waals surface area (Å²) in [6.07, 6.45) is 0.660. The summed E-state index contributed by atoms with van der Waals surface area (Å²) in [6, 6.07) is 1.38. The number of nitrogens with one attached hydrogen (secondary N) is 1. The number of hydrogen-bond donors (Lipinski definition) is 2. The molecule has 16 heavy (non-hydrogen) atoms. The van der Waals surface area contributed by atoms with Crippen LogP contribution in [0.2, 0.25) is 0 Å². The van der Waals surface area contributed by atoms with Crippen molar-refractivity contribution in [3.8, 4) is 0 Å². The average Bonchev–Trinajstić information content (AvgIpc) is 2.59. The van der Waals surface area contributed by atoms with Gasteiger partial charge in [0, 0.05) is 18.7 Å². The molecule has 92 valence electrons. The van der Waals surface area contributed by atoms with E-state index in [4.69, 9.17) is 10.3 Å². The zero-order valence-electron chi connectivity index (χ0n) is 9.43. The van der Waals surface area contributed by atoms with Crippen LogP contribution in [0.3, 0.4) is 0 Å². The van der Waals surface area contributed by atoms with Crippen molar-refractivity contribution in [1.29, 1.82) is 0 Å². The van der Waals surface area contributed by atoms with Crippen molar-refractivity contribution in [3.05, 3.63) is 17.5 Å². The zero-order chi connectivity index (χ0) is 12.2. The topological polar surface area (TPSA) is 98.2 Å². The van der Waals surface area contributed by atoms with Crippen LogP contribution in [0.25, 0.3) is 0 Å². The molecule has 1 heterocycles. The molecule has 0 saturated carbocycles. The molecule has 1 aromatic rings. The van der Waals surface area contributed by atoms with Gasteiger partial charge in [-0.2, -0.15) is 0 Å². The SMILES string of the molecule is CCC(CN)NS(=O)(=O)Cc1cc(C)on1. The molecule has 0 bridgehead atoms. The van der Waals surface area contributed by atoms with Gasteiger partial charge in [-0.05, 0) is 13.3 Å². The minimum absolute atomic E-state index is 0.180. The van der Waals surface area contributed by atoms with Crippen LogP contribution in [0.5, 0.6) is 0 Å². The van der Waals surface area contributed by atoms with E-state index in [9.17, 15) is 8.42 Å². The number of nitrogens with zero attached hydrogens (tertiary/aromatic N) is 1. The van der Waals surface area contributed by atoms with E-state index in [2.05, 4.69) is 9.88 Å². The quantitative estimate of drug-likeness (QED) is 0.745. The number of aryl methyl sites for hydroxylation is 1. The molecule has 0 aliphatic rings. The fourth-order valence-electron chi connectivity index (χ4n) is 1.27. The minimum atomic E-state index is -3.40. The van der Waals surface area contributed by atoms with Crippen LogP contribution in [0.4, 0.5) is 0 Å². The van der Waals surface area contributed by atoms with Crippen molar-refractivity contribution in [3.63, 3.8) is 0 Å². The van der Waals surface area contributed by atoms with Crippen molar-refractivity contribution in [1.82, 2.24) is 9.88 Å². The maximum atomic E-state index is 11.7. The van der Waals surface area contributed by atoms with Crippen molar-refractivity contribution in [2.24, 2.45) is 5.73 Å². The Kier molecular flexibility index (Phi) is 4.45. The number of nitrogens with two attached hydrogens (primary N) is 1. The second-order valence-electron chi connectivity index (χ2n) is 3.65. The van der Waals surface area contributed by atoms with Gasteiger partial charge in [-0.25, -0.2) is 13.1 Å². The number of hydrogen-bond acceptors (Lipinski definition) is 5. The van der Waals surface area contributed by atoms with E-state index in [-0.39, 0.29) is 18.3 Å². The highest BCUT2D eigenvalue weighted by atomic mass is 32.2. The predicted octanol–water partition coefficient (Wildman–Crippen LogP) is 0.140. The van der Waals surface area contributed by atoms with E-state index in [1.54, 1.807) is 13.0 Å². The lowest BCUT2D eigenvalue weighted by Crippen LogP contribution is -2.40. The third kappa shape index (κ3) is 3.92. The molecule has 1 aromatic heterocycles. The zero-order valence-corrected chi connectivity index (χ0v) is 10.3. The molecule has 0 aromatic carbocycles. The molecule has 1 atom stereocenters. The highest BCUT2D eigenvalue weighted by Crippen LogP contribution is 2.06. The summed E-state index contributed by atoms with van der Waals surface area (Å²) in [5.74, 6) is 0.414. The normalized spacial score (nSPS) is 13.9. The minimum Gasteiger partial charge on any atom is -0.361 e. The molecule has 1 rings (SSSR count).